The van der Waals surface area contributed by atoms with E-state index in [-0.39, 0.29) is 17.6 Å². The summed E-state index contributed by atoms with van der Waals surface area (Å²) in [5, 5.41) is 3.13. The van der Waals surface area contributed by atoms with Gasteiger partial charge >= 0.3 is 0 Å². The highest BCUT2D eigenvalue weighted by Gasteiger charge is 2.17. The summed E-state index contributed by atoms with van der Waals surface area (Å²) in [7, 11) is 0. The van der Waals surface area contributed by atoms with Gasteiger partial charge in [-0.2, -0.15) is 0 Å². The molecule has 1 N–H and O–H groups in total. The lowest BCUT2D eigenvalue weighted by Crippen LogP contribution is -2.30. The van der Waals surface area contributed by atoms with Crippen LogP contribution in [-0.4, -0.2) is 28.8 Å². The van der Waals surface area contributed by atoms with Crippen molar-refractivity contribution >= 4 is 5.82 Å². The molecule has 1 aromatic rings. The summed E-state index contributed by atoms with van der Waals surface area (Å²) in [6.45, 7) is 5.36. The average Bonchev–Trinajstić information content (AvgIpc) is 2.73. The SMILES string of the molecule is CC(C)n1ccnc(NC2CCOC2)c1=O. The lowest BCUT2D eigenvalue weighted by molar-refractivity contribution is 0.195. The van der Waals surface area contributed by atoms with Crippen molar-refractivity contribution < 1.29 is 4.74 Å². The van der Waals surface area contributed by atoms with E-state index in [1.807, 2.05) is 13.8 Å². The predicted molar refractivity (Wildman–Crippen MR) is 61.7 cm³/mol. The molecule has 1 aliphatic rings. The molecule has 1 atom stereocenters. The quantitative estimate of drug-likeness (QED) is 0.831. The summed E-state index contributed by atoms with van der Waals surface area (Å²) >= 11 is 0. The Morgan fingerprint density at radius 2 is 2.44 bits per heavy atom. The molecule has 0 saturated carbocycles. The van der Waals surface area contributed by atoms with Crippen LogP contribution in [0.15, 0.2) is 17.2 Å². The van der Waals surface area contributed by atoms with Gasteiger partial charge in [0.25, 0.3) is 5.56 Å². The summed E-state index contributed by atoms with van der Waals surface area (Å²) in [5.74, 6) is 0.423. The number of ether oxygens (including phenoxy) is 1. The number of aromatic nitrogens is 2. The molecule has 0 radical (unpaired) electrons. The summed E-state index contributed by atoms with van der Waals surface area (Å²) in [5.41, 5.74) is -0.0654. The van der Waals surface area contributed by atoms with Gasteiger partial charge in [-0.15, -0.1) is 0 Å². The summed E-state index contributed by atoms with van der Waals surface area (Å²) in [4.78, 5) is 16.1. The molecule has 1 aromatic heterocycles. The standard InChI is InChI=1S/C11H17N3O2/c1-8(2)14-5-4-12-10(11(14)15)13-9-3-6-16-7-9/h4-5,8-9H,3,6-7H2,1-2H3,(H,12,13). The fourth-order valence-corrected chi connectivity index (χ4v) is 1.77. The van der Waals surface area contributed by atoms with Gasteiger partial charge < -0.3 is 14.6 Å². The van der Waals surface area contributed by atoms with Gasteiger partial charge in [-0.05, 0) is 20.3 Å². The lowest BCUT2D eigenvalue weighted by atomic mass is 10.2. The second-order valence-corrected chi connectivity index (χ2v) is 4.29. The van der Waals surface area contributed by atoms with Gasteiger partial charge in [0.15, 0.2) is 5.82 Å². The number of rotatable bonds is 3. The van der Waals surface area contributed by atoms with Crippen molar-refractivity contribution in [1.82, 2.24) is 9.55 Å². The first-order chi connectivity index (χ1) is 7.68. The van der Waals surface area contributed by atoms with Crippen molar-refractivity contribution in [2.75, 3.05) is 18.5 Å². The molecule has 0 aliphatic carbocycles. The highest BCUT2D eigenvalue weighted by molar-refractivity contribution is 5.32. The topological polar surface area (TPSA) is 56.1 Å². The molecular formula is C11H17N3O2. The van der Waals surface area contributed by atoms with Crippen molar-refractivity contribution in [3.8, 4) is 0 Å². The van der Waals surface area contributed by atoms with Crippen molar-refractivity contribution in [2.24, 2.45) is 0 Å². The Morgan fingerprint density at radius 3 is 3.06 bits per heavy atom. The van der Waals surface area contributed by atoms with Gasteiger partial charge in [-0.3, -0.25) is 4.79 Å². The van der Waals surface area contributed by atoms with Gasteiger partial charge in [0.2, 0.25) is 0 Å². The van der Waals surface area contributed by atoms with E-state index in [4.69, 9.17) is 4.74 Å². The maximum absolute atomic E-state index is 12.0. The van der Waals surface area contributed by atoms with E-state index in [1.54, 1.807) is 17.0 Å². The first kappa shape index (κ1) is 11.1. The second-order valence-electron chi connectivity index (χ2n) is 4.29. The molecule has 1 unspecified atom stereocenters. The summed E-state index contributed by atoms with van der Waals surface area (Å²) < 4.78 is 6.92. The van der Waals surface area contributed by atoms with Gasteiger partial charge in [0.1, 0.15) is 0 Å². The van der Waals surface area contributed by atoms with Crippen LogP contribution < -0.4 is 10.9 Å². The minimum absolute atomic E-state index is 0.0654. The maximum Gasteiger partial charge on any atom is 0.293 e. The zero-order valence-corrected chi connectivity index (χ0v) is 9.64. The van der Waals surface area contributed by atoms with Crippen LogP contribution >= 0.6 is 0 Å². The molecule has 1 saturated heterocycles. The third-order valence-electron chi connectivity index (χ3n) is 2.69. The van der Waals surface area contributed by atoms with Crippen LogP contribution in [0.2, 0.25) is 0 Å². The van der Waals surface area contributed by atoms with Crippen LogP contribution in [-0.2, 0) is 4.74 Å². The molecule has 0 aromatic carbocycles. The molecule has 88 valence electrons. The fourth-order valence-electron chi connectivity index (χ4n) is 1.77. The van der Waals surface area contributed by atoms with Crippen LogP contribution in [0.1, 0.15) is 26.3 Å². The Bertz CT molecular complexity index is 408. The number of hydrogen-bond acceptors (Lipinski definition) is 4. The van der Waals surface area contributed by atoms with E-state index < -0.39 is 0 Å². The molecule has 2 heterocycles. The highest BCUT2D eigenvalue weighted by atomic mass is 16.5. The Kier molecular flexibility index (Phi) is 3.24. The van der Waals surface area contributed by atoms with Crippen LogP contribution in [0.4, 0.5) is 5.82 Å². The first-order valence-corrected chi connectivity index (χ1v) is 5.60. The van der Waals surface area contributed by atoms with E-state index in [2.05, 4.69) is 10.3 Å². The van der Waals surface area contributed by atoms with Crippen molar-refractivity contribution in [3.05, 3.63) is 22.7 Å². The van der Waals surface area contributed by atoms with E-state index in [1.165, 1.54) is 0 Å². The third-order valence-corrected chi connectivity index (χ3v) is 2.69. The Labute approximate surface area is 94.5 Å². The Hall–Kier alpha value is -1.36. The molecule has 5 heteroatoms. The molecular weight excluding hydrogens is 206 g/mol. The summed E-state index contributed by atoms with van der Waals surface area (Å²) in [6.07, 6.45) is 4.29. The predicted octanol–water partition coefficient (Wildman–Crippen LogP) is 1.02. The van der Waals surface area contributed by atoms with E-state index in [0.717, 1.165) is 13.0 Å². The molecule has 0 amide bonds. The lowest BCUT2D eigenvalue weighted by Gasteiger charge is -2.14. The highest BCUT2D eigenvalue weighted by Crippen LogP contribution is 2.09. The minimum Gasteiger partial charge on any atom is -0.379 e. The van der Waals surface area contributed by atoms with Crippen LogP contribution in [0, 0.1) is 0 Å². The average molecular weight is 223 g/mol. The molecule has 1 aliphatic heterocycles. The fraction of sp³-hybridized carbons (Fsp3) is 0.636. The number of hydrogen-bond donors (Lipinski definition) is 1. The van der Waals surface area contributed by atoms with Crippen LogP contribution in [0.5, 0.6) is 0 Å². The molecule has 0 bridgehead atoms. The number of anilines is 1. The third kappa shape index (κ3) is 2.24. The molecule has 16 heavy (non-hydrogen) atoms. The minimum atomic E-state index is -0.0654. The van der Waals surface area contributed by atoms with Gasteiger partial charge in [0.05, 0.1) is 12.6 Å². The molecule has 5 nitrogen and oxygen atoms in total. The monoisotopic (exact) mass is 223 g/mol. The first-order valence-electron chi connectivity index (χ1n) is 5.60. The van der Waals surface area contributed by atoms with Crippen LogP contribution in [0.3, 0.4) is 0 Å². The van der Waals surface area contributed by atoms with Crippen molar-refractivity contribution in [1.29, 1.82) is 0 Å². The summed E-state index contributed by atoms with van der Waals surface area (Å²) in [6, 6.07) is 0.360. The zero-order chi connectivity index (χ0) is 11.5. The van der Waals surface area contributed by atoms with Gasteiger partial charge in [-0.25, -0.2) is 4.98 Å². The van der Waals surface area contributed by atoms with Crippen molar-refractivity contribution in [3.63, 3.8) is 0 Å². The number of nitrogens with one attached hydrogen (secondary N) is 1. The van der Waals surface area contributed by atoms with Crippen LogP contribution in [0.25, 0.3) is 0 Å². The van der Waals surface area contributed by atoms with Gasteiger partial charge in [-0.1, -0.05) is 0 Å². The smallest absolute Gasteiger partial charge is 0.293 e. The Morgan fingerprint density at radius 1 is 1.62 bits per heavy atom. The molecule has 2 rings (SSSR count). The zero-order valence-electron chi connectivity index (χ0n) is 9.64. The van der Waals surface area contributed by atoms with Crippen molar-refractivity contribution in [2.45, 2.75) is 32.4 Å². The Balaban J connectivity index is 2.20. The van der Waals surface area contributed by atoms with Gasteiger partial charge in [0, 0.05) is 25.0 Å². The van der Waals surface area contributed by atoms with E-state index in [0.29, 0.717) is 12.4 Å². The second kappa shape index (κ2) is 4.65. The molecule has 1 fully saturated rings. The molecule has 0 spiro atoms. The number of nitrogens with zero attached hydrogens (tertiary/aromatic N) is 2. The normalized spacial score (nSPS) is 20.3. The van der Waals surface area contributed by atoms with E-state index >= 15 is 0 Å². The maximum atomic E-state index is 12.0. The van der Waals surface area contributed by atoms with E-state index in [9.17, 15) is 4.79 Å². The largest absolute Gasteiger partial charge is 0.379 e.